The standard InChI is InChI=1S/C16H16N6O2S/c1-11-13(25-14(20-11)12-4-2-5-17-10-12)15(24)22(8-9-23)21-16-18-6-3-7-19-16/h2-7,10,23H,8-9H2,1H3,(H,18,19,21). The largest absolute Gasteiger partial charge is 0.394 e. The number of amides is 1. The van der Waals surface area contributed by atoms with Crippen LogP contribution >= 0.6 is 11.3 Å². The SMILES string of the molecule is Cc1nc(-c2cccnc2)sc1C(=O)N(CCO)Nc1ncccn1. The molecule has 0 aliphatic rings. The van der Waals surface area contributed by atoms with Crippen LogP contribution in [0.25, 0.3) is 10.6 Å². The van der Waals surface area contributed by atoms with Gasteiger partial charge in [-0.05, 0) is 25.1 Å². The molecule has 0 unspecified atom stereocenters. The molecule has 3 rings (SSSR count). The maximum absolute atomic E-state index is 12.9. The number of aliphatic hydroxyl groups excluding tert-OH is 1. The van der Waals surface area contributed by atoms with Gasteiger partial charge < -0.3 is 5.11 Å². The number of anilines is 1. The van der Waals surface area contributed by atoms with Crippen molar-refractivity contribution in [2.75, 3.05) is 18.6 Å². The zero-order valence-electron chi connectivity index (χ0n) is 13.5. The number of pyridine rings is 1. The minimum absolute atomic E-state index is 0.0939. The normalized spacial score (nSPS) is 10.5. The van der Waals surface area contributed by atoms with Crippen LogP contribution in [0.5, 0.6) is 0 Å². The Morgan fingerprint density at radius 3 is 2.76 bits per heavy atom. The van der Waals surface area contributed by atoms with Crippen LogP contribution in [0.2, 0.25) is 0 Å². The molecule has 0 aliphatic heterocycles. The third-order valence-electron chi connectivity index (χ3n) is 3.27. The minimum atomic E-state index is -0.299. The number of nitrogens with zero attached hydrogens (tertiary/aromatic N) is 5. The molecule has 9 heteroatoms. The van der Waals surface area contributed by atoms with Crippen LogP contribution in [0.15, 0.2) is 43.0 Å². The summed E-state index contributed by atoms with van der Waals surface area (Å²) in [5.74, 6) is -0.0226. The van der Waals surface area contributed by atoms with Crippen LogP contribution in [-0.2, 0) is 0 Å². The van der Waals surface area contributed by atoms with Crippen molar-refractivity contribution in [1.29, 1.82) is 0 Å². The van der Waals surface area contributed by atoms with E-state index in [-0.39, 0.29) is 25.0 Å². The molecule has 0 saturated heterocycles. The quantitative estimate of drug-likeness (QED) is 0.649. The number of rotatable bonds is 6. The summed E-state index contributed by atoms with van der Waals surface area (Å²) in [6, 6.07) is 5.39. The van der Waals surface area contributed by atoms with Crippen molar-refractivity contribution in [2.45, 2.75) is 6.92 Å². The first-order valence-corrected chi connectivity index (χ1v) is 8.35. The smallest absolute Gasteiger partial charge is 0.284 e. The predicted octanol–water partition coefficient (Wildman–Crippen LogP) is 1.77. The van der Waals surface area contributed by atoms with E-state index >= 15 is 0 Å². The van der Waals surface area contributed by atoms with Gasteiger partial charge in [0.1, 0.15) is 9.88 Å². The van der Waals surface area contributed by atoms with E-state index in [0.717, 1.165) is 5.56 Å². The van der Waals surface area contributed by atoms with Gasteiger partial charge in [-0.2, -0.15) is 0 Å². The number of nitrogens with one attached hydrogen (secondary N) is 1. The van der Waals surface area contributed by atoms with Gasteiger partial charge in [0.2, 0.25) is 5.95 Å². The second-order valence-electron chi connectivity index (χ2n) is 5.04. The summed E-state index contributed by atoms with van der Waals surface area (Å²) >= 11 is 1.28. The molecule has 0 spiro atoms. The van der Waals surface area contributed by atoms with Gasteiger partial charge in [0, 0.05) is 30.4 Å². The molecule has 0 bridgehead atoms. The Morgan fingerprint density at radius 1 is 1.28 bits per heavy atom. The van der Waals surface area contributed by atoms with E-state index in [9.17, 15) is 9.90 Å². The number of aromatic nitrogens is 4. The number of aryl methyl sites for hydroxylation is 1. The average Bonchev–Trinajstić information content (AvgIpc) is 3.04. The van der Waals surface area contributed by atoms with Crippen LogP contribution in [0.4, 0.5) is 5.95 Å². The Balaban J connectivity index is 1.86. The molecule has 0 atom stereocenters. The number of hydrogen-bond acceptors (Lipinski definition) is 8. The predicted molar refractivity (Wildman–Crippen MR) is 93.9 cm³/mol. The van der Waals surface area contributed by atoms with Gasteiger partial charge in [-0.15, -0.1) is 11.3 Å². The number of aliphatic hydroxyl groups is 1. The lowest BCUT2D eigenvalue weighted by Gasteiger charge is -2.21. The third kappa shape index (κ3) is 3.95. The van der Waals surface area contributed by atoms with Gasteiger partial charge in [0.25, 0.3) is 5.91 Å². The highest BCUT2D eigenvalue weighted by molar-refractivity contribution is 7.17. The zero-order chi connectivity index (χ0) is 17.6. The fraction of sp³-hybridized carbons (Fsp3) is 0.188. The lowest BCUT2D eigenvalue weighted by Crippen LogP contribution is -2.39. The fourth-order valence-electron chi connectivity index (χ4n) is 2.12. The lowest BCUT2D eigenvalue weighted by molar-refractivity contribution is 0.0767. The molecule has 3 aromatic rings. The summed E-state index contributed by atoms with van der Waals surface area (Å²) in [7, 11) is 0. The average molecular weight is 356 g/mol. The van der Waals surface area contributed by atoms with Crippen molar-refractivity contribution in [3.8, 4) is 10.6 Å². The van der Waals surface area contributed by atoms with Crippen molar-refractivity contribution in [3.05, 3.63) is 53.6 Å². The summed E-state index contributed by atoms with van der Waals surface area (Å²) in [5, 5.41) is 11.3. The molecule has 3 aromatic heterocycles. The van der Waals surface area contributed by atoms with Crippen molar-refractivity contribution >= 4 is 23.2 Å². The van der Waals surface area contributed by atoms with Crippen LogP contribution in [0, 0.1) is 6.92 Å². The number of hydrazine groups is 1. The van der Waals surface area contributed by atoms with E-state index in [4.69, 9.17) is 0 Å². The molecular formula is C16H16N6O2S. The van der Waals surface area contributed by atoms with Crippen molar-refractivity contribution in [1.82, 2.24) is 24.9 Å². The molecule has 8 nitrogen and oxygen atoms in total. The van der Waals surface area contributed by atoms with E-state index in [1.54, 1.807) is 37.8 Å². The van der Waals surface area contributed by atoms with Gasteiger partial charge in [-0.25, -0.2) is 20.0 Å². The summed E-state index contributed by atoms with van der Waals surface area (Å²) in [4.78, 5) is 29.9. The third-order valence-corrected chi connectivity index (χ3v) is 4.46. The molecule has 0 saturated carbocycles. The van der Waals surface area contributed by atoms with Gasteiger partial charge in [-0.3, -0.25) is 15.2 Å². The fourth-order valence-corrected chi connectivity index (χ4v) is 3.12. The zero-order valence-corrected chi connectivity index (χ0v) is 14.3. The van der Waals surface area contributed by atoms with Crippen LogP contribution in [0.3, 0.4) is 0 Å². The molecule has 2 N–H and O–H groups in total. The first kappa shape index (κ1) is 16.9. The molecule has 3 heterocycles. The molecule has 0 aliphatic carbocycles. The van der Waals surface area contributed by atoms with Crippen LogP contribution < -0.4 is 5.43 Å². The molecule has 0 aromatic carbocycles. The lowest BCUT2D eigenvalue weighted by atomic mass is 10.3. The summed E-state index contributed by atoms with van der Waals surface area (Å²) < 4.78 is 0. The van der Waals surface area contributed by atoms with Gasteiger partial charge in [0.15, 0.2) is 0 Å². The van der Waals surface area contributed by atoms with Crippen LogP contribution in [-0.4, -0.2) is 49.1 Å². The van der Waals surface area contributed by atoms with E-state index in [1.807, 2.05) is 12.1 Å². The van der Waals surface area contributed by atoms with Gasteiger partial charge in [0.05, 0.1) is 18.8 Å². The Morgan fingerprint density at radius 2 is 2.08 bits per heavy atom. The monoisotopic (exact) mass is 356 g/mol. The van der Waals surface area contributed by atoms with E-state index < -0.39 is 0 Å². The highest BCUT2D eigenvalue weighted by atomic mass is 32.1. The van der Waals surface area contributed by atoms with E-state index in [0.29, 0.717) is 15.6 Å². The highest BCUT2D eigenvalue weighted by Gasteiger charge is 2.22. The molecule has 0 radical (unpaired) electrons. The molecule has 128 valence electrons. The highest BCUT2D eigenvalue weighted by Crippen LogP contribution is 2.28. The minimum Gasteiger partial charge on any atom is -0.394 e. The molecule has 1 amide bonds. The number of carbonyl (C=O) groups is 1. The first-order chi connectivity index (χ1) is 12.2. The van der Waals surface area contributed by atoms with Crippen molar-refractivity contribution in [2.24, 2.45) is 0 Å². The van der Waals surface area contributed by atoms with Crippen molar-refractivity contribution in [3.63, 3.8) is 0 Å². The maximum atomic E-state index is 12.9. The second kappa shape index (κ2) is 7.77. The summed E-state index contributed by atoms with van der Waals surface area (Å²) in [5.41, 5.74) is 4.29. The van der Waals surface area contributed by atoms with E-state index in [1.165, 1.54) is 16.3 Å². The second-order valence-corrected chi connectivity index (χ2v) is 6.04. The Hall–Kier alpha value is -2.91. The summed E-state index contributed by atoms with van der Waals surface area (Å²) in [6.45, 7) is 1.68. The maximum Gasteiger partial charge on any atom is 0.284 e. The van der Waals surface area contributed by atoms with Gasteiger partial charge >= 0.3 is 0 Å². The van der Waals surface area contributed by atoms with Gasteiger partial charge in [-0.1, -0.05) is 0 Å². The number of thiazole rings is 1. The molecular weight excluding hydrogens is 340 g/mol. The van der Waals surface area contributed by atoms with Crippen molar-refractivity contribution < 1.29 is 9.90 Å². The first-order valence-electron chi connectivity index (χ1n) is 7.53. The number of carbonyl (C=O) groups excluding carboxylic acids is 1. The number of hydrogen-bond donors (Lipinski definition) is 2. The Labute approximate surface area is 148 Å². The molecule has 0 fully saturated rings. The van der Waals surface area contributed by atoms with E-state index in [2.05, 4.69) is 25.4 Å². The van der Waals surface area contributed by atoms with Crippen LogP contribution in [0.1, 0.15) is 15.4 Å². The summed E-state index contributed by atoms with van der Waals surface area (Å²) in [6.07, 6.45) is 6.52. The Kier molecular flexibility index (Phi) is 5.26. The molecule has 25 heavy (non-hydrogen) atoms. The topological polar surface area (TPSA) is 104 Å². The Bertz CT molecular complexity index is 840.